The summed E-state index contributed by atoms with van der Waals surface area (Å²) in [4.78, 5) is 15.9. The number of carbonyl (C=O) groups is 1. The number of nitrogen functional groups attached to an aromatic ring is 1. The molecule has 0 aliphatic rings. The first-order chi connectivity index (χ1) is 8.58. The first-order valence-electron chi connectivity index (χ1n) is 5.36. The highest BCUT2D eigenvalue weighted by atomic mass is 19.1. The van der Waals surface area contributed by atoms with Gasteiger partial charge in [-0.1, -0.05) is 0 Å². The summed E-state index contributed by atoms with van der Waals surface area (Å²) in [6, 6.07) is 7.29. The number of aromatic nitrogens is 1. The van der Waals surface area contributed by atoms with Crippen LogP contribution in [-0.4, -0.2) is 10.9 Å². The average Bonchev–Trinajstić information content (AvgIpc) is 2.32. The Labute approximate surface area is 104 Å². The lowest BCUT2D eigenvalue weighted by molar-refractivity contribution is 0.102. The van der Waals surface area contributed by atoms with Crippen LogP contribution >= 0.6 is 0 Å². The van der Waals surface area contributed by atoms with Gasteiger partial charge in [-0.25, -0.2) is 9.37 Å². The number of pyridine rings is 1. The second-order valence-corrected chi connectivity index (χ2v) is 3.85. The molecule has 0 aliphatic carbocycles. The van der Waals surface area contributed by atoms with Crippen LogP contribution in [0.2, 0.25) is 0 Å². The zero-order chi connectivity index (χ0) is 13.1. The van der Waals surface area contributed by atoms with Crippen molar-refractivity contribution in [2.45, 2.75) is 6.92 Å². The van der Waals surface area contributed by atoms with Crippen LogP contribution in [0, 0.1) is 12.7 Å². The zero-order valence-electron chi connectivity index (χ0n) is 9.77. The number of aryl methyl sites for hydroxylation is 1. The van der Waals surface area contributed by atoms with Crippen LogP contribution in [0.15, 0.2) is 36.5 Å². The van der Waals surface area contributed by atoms with Crippen molar-refractivity contribution in [3.05, 3.63) is 53.5 Å². The number of benzene rings is 1. The first-order valence-corrected chi connectivity index (χ1v) is 5.36. The van der Waals surface area contributed by atoms with Crippen LogP contribution in [0.3, 0.4) is 0 Å². The lowest BCUT2D eigenvalue weighted by atomic mass is 10.1. The molecule has 0 unspecified atom stereocenters. The van der Waals surface area contributed by atoms with Crippen molar-refractivity contribution in [1.82, 2.24) is 4.98 Å². The molecule has 0 bridgehead atoms. The topological polar surface area (TPSA) is 68.0 Å². The van der Waals surface area contributed by atoms with Crippen molar-refractivity contribution >= 4 is 17.4 Å². The Morgan fingerprint density at radius 1 is 1.39 bits per heavy atom. The van der Waals surface area contributed by atoms with Crippen molar-refractivity contribution in [1.29, 1.82) is 0 Å². The molecular formula is C13H12FN3O. The standard InChI is InChI=1S/C13H12FN3O/c1-8-7-9(14)4-5-10(8)13(18)17-12-11(15)3-2-6-16-12/h2-7H,15H2,1H3,(H,16,17,18). The Morgan fingerprint density at radius 2 is 2.17 bits per heavy atom. The zero-order valence-corrected chi connectivity index (χ0v) is 9.77. The summed E-state index contributed by atoms with van der Waals surface area (Å²) >= 11 is 0. The number of amides is 1. The fraction of sp³-hybridized carbons (Fsp3) is 0.0769. The van der Waals surface area contributed by atoms with E-state index >= 15 is 0 Å². The van der Waals surface area contributed by atoms with Crippen LogP contribution in [-0.2, 0) is 0 Å². The van der Waals surface area contributed by atoms with E-state index in [-0.39, 0.29) is 11.7 Å². The minimum absolute atomic E-state index is 0.297. The number of hydrogen-bond acceptors (Lipinski definition) is 3. The number of nitrogens with one attached hydrogen (secondary N) is 1. The molecule has 0 aliphatic heterocycles. The summed E-state index contributed by atoms with van der Waals surface area (Å²) in [5.41, 5.74) is 7.00. The number of nitrogens with zero attached hydrogens (tertiary/aromatic N) is 1. The summed E-state index contributed by atoms with van der Waals surface area (Å²) in [6.07, 6.45) is 1.53. The van der Waals surface area contributed by atoms with Gasteiger partial charge in [0.1, 0.15) is 5.82 Å². The molecule has 3 N–H and O–H groups in total. The van der Waals surface area contributed by atoms with Gasteiger partial charge in [0.2, 0.25) is 0 Å². The van der Waals surface area contributed by atoms with E-state index in [1.807, 2.05) is 0 Å². The van der Waals surface area contributed by atoms with E-state index in [0.717, 1.165) is 0 Å². The van der Waals surface area contributed by atoms with Gasteiger partial charge in [-0.05, 0) is 42.8 Å². The molecule has 5 heteroatoms. The van der Waals surface area contributed by atoms with Crippen molar-refractivity contribution in [2.24, 2.45) is 0 Å². The van der Waals surface area contributed by atoms with Crippen molar-refractivity contribution in [3.8, 4) is 0 Å². The number of hydrogen-bond donors (Lipinski definition) is 2. The van der Waals surface area contributed by atoms with Gasteiger partial charge in [-0.2, -0.15) is 0 Å². The molecule has 0 fully saturated rings. The summed E-state index contributed by atoms with van der Waals surface area (Å²) in [5, 5.41) is 2.59. The third-order valence-corrected chi connectivity index (χ3v) is 2.50. The highest BCUT2D eigenvalue weighted by Crippen LogP contribution is 2.16. The molecule has 0 spiro atoms. The van der Waals surface area contributed by atoms with Crippen molar-refractivity contribution < 1.29 is 9.18 Å². The van der Waals surface area contributed by atoms with Gasteiger partial charge >= 0.3 is 0 Å². The predicted molar refractivity (Wildman–Crippen MR) is 67.7 cm³/mol. The van der Waals surface area contributed by atoms with Crippen molar-refractivity contribution in [2.75, 3.05) is 11.1 Å². The SMILES string of the molecule is Cc1cc(F)ccc1C(=O)Nc1ncccc1N. The Kier molecular flexibility index (Phi) is 3.23. The molecule has 92 valence electrons. The Balaban J connectivity index is 2.25. The fourth-order valence-electron chi connectivity index (χ4n) is 1.58. The average molecular weight is 245 g/mol. The molecule has 1 aromatic heterocycles. The minimum Gasteiger partial charge on any atom is -0.396 e. The van der Waals surface area contributed by atoms with Gasteiger partial charge in [0.05, 0.1) is 5.69 Å². The number of anilines is 2. The molecule has 2 rings (SSSR count). The second kappa shape index (κ2) is 4.83. The Morgan fingerprint density at radius 3 is 2.83 bits per heavy atom. The molecule has 0 saturated heterocycles. The van der Waals surface area contributed by atoms with Gasteiger partial charge in [0.15, 0.2) is 5.82 Å². The van der Waals surface area contributed by atoms with Crippen LogP contribution in [0.1, 0.15) is 15.9 Å². The lowest BCUT2D eigenvalue weighted by Gasteiger charge is -2.08. The van der Waals surface area contributed by atoms with E-state index in [9.17, 15) is 9.18 Å². The lowest BCUT2D eigenvalue weighted by Crippen LogP contribution is -2.15. The minimum atomic E-state index is -0.374. The number of nitrogens with two attached hydrogens (primary N) is 1. The van der Waals surface area contributed by atoms with Gasteiger partial charge in [-0.15, -0.1) is 0 Å². The maximum atomic E-state index is 12.9. The van der Waals surface area contributed by atoms with Gasteiger partial charge in [0.25, 0.3) is 5.91 Å². The smallest absolute Gasteiger partial charge is 0.257 e. The van der Waals surface area contributed by atoms with Crippen LogP contribution in [0.5, 0.6) is 0 Å². The largest absolute Gasteiger partial charge is 0.396 e. The quantitative estimate of drug-likeness (QED) is 0.853. The molecule has 1 heterocycles. The second-order valence-electron chi connectivity index (χ2n) is 3.85. The summed E-state index contributed by atoms with van der Waals surface area (Å²) < 4.78 is 12.9. The number of carbonyl (C=O) groups excluding carboxylic acids is 1. The van der Waals surface area contributed by atoms with E-state index in [0.29, 0.717) is 22.6 Å². The number of rotatable bonds is 2. The Hall–Kier alpha value is -2.43. The molecule has 2 aromatic rings. The summed E-state index contributed by atoms with van der Waals surface area (Å²) in [6.45, 7) is 1.67. The first kappa shape index (κ1) is 12.0. The third-order valence-electron chi connectivity index (χ3n) is 2.50. The normalized spacial score (nSPS) is 10.1. The van der Waals surface area contributed by atoms with Gasteiger partial charge in [0, 0.05) is 11.8 Å². The molecule has 0 radical (unpaired) electrons. The van der Waals surface area contributed by atoms with E-state index in [2.05, 4.69) is 10.3 Å². The molecule has 0 saturated carbocycles. The van der Waals surface area contributed by atoms with E-state index in [4.69, 9.17) is 5.73 Å². The van der Waals surface area contributed by atoms with E-state index in [1.54, 1.807) is 19.1 Å². The predicted octanol–water partition coefficient (Wildman–Crippen LogP) is 2.36. The van der Waals surface area contributed by atoms with Crippen LogP contribution in [0.25, 0.3) is 0 Å². The molecule has 0 atom stereocenters. The highest BCUT2D eigenvalue weighted by molar-refractivity contribution is 6.05. The summed E-state index contributed by atoms with van der Waals surface area (Å²) in [5.74, 6) is -0.439. The van der Waals surface area contributed by atoms with Crippen LogP contribution in [0.4, 0.5) is 15.9 Å². The van der Waals surface area contributed by atoms with Gasteiger partial charge < -0.3 is 11.1 Å². The van der Waals surface area contributed by atoms with E-state index < -0.39 is 0 Å². The Bertz CT molecular complexity index is 599. The summed E-state index contributed by atoms with van der Waals surface area (Å²) in [7, 11) is 0. The third kappa shape index (κ3) is 2.45. The molecule has 1 amide bonds. The highest BCUT2D eigenvalue weighted by Gasteiger charge is 2.11. The monoisotopic (exact) mass is 245 g/mol. The molecular weight excluding hydrogens is 233 g/mol. The van der Waals surface area contributed by atoms with Crippen molar-refractivity contribution in [3.63, 3.8) is 0 Å². The fourth-order valence-corrected chi connectivity index (χ4v) is 1.58. The molecule has 4 nitrogen and oxygen atoms in total. The molecule has 18 heavy (non-hydrogen) atoms. The maximum absolute atomic E-state index is 12.9. The molecule has 1 aromatic carbocycles. The maximum Gasteiger partial charge on any atom is 0.257 e. The van der Waals surface area contributed by atoms with Gasteiger partial charge in [-0.3, -0.25) is 4.79 Å². The van der Waals surface area contributed by atoms with Crippen LogP contribution < -0.4 is 11.1 Å². The van der Waals surface area contributed by atoms with E-state index in [1.165, 1.54) is 24.4 Å². The number of halogens is 1.